The van der Waals surface area contributed by atoms with Crippen molar-refractivity contribution in [3.05, 3.63) is 46.7 Å². The van der Waals surface area contributed by atoms with Gasteiger partial charge in [-0.1, -0.05) is 6.07 Å². The van der Waals surface area contributed by atoms with Crippen molar-refractivity contribution in [2.24, 2.45) is 0 Å². The zero-order valence-electron chi connectivity index (χ0n) is 12.0. The van der Waals surface area contributed by atoms with Gasteiger partial charge in [-0.3, -0.25) is 0 Å². The molecular formula is C16H18FN3O. The molecule has 5 heteroatoms. The maximum Gasteiger partial charge on any atom is 0.165 e. The van der Waals surface area contributed by atoms with Crippen LogP contribution in [0.5, 0.6) is 5.75 Å². The molecule has 1 heterocycles. The molecule has 0 saturated heterocycles. The molecule has 0 unspecified atom stereocenters. The average molecular weight is 287 g/mol. The standard InChI is InChI=1S/C16H18FN3O/c1-10-19-14-5-3-2-4-12(14)16(20-10)18-9-11-6-7-15(21)13(17)8-11/h6-8,21H,2-5,9H2,1H3,(H,18,19,20). The molecule has 1 aliphatic carbocycles. The highest BCUT2D eigenvalue weighted by Gasteiger charge is 2.16. The maximum atomic E-state index is 13.3. The summed E-state index contributed by atoms with van der Waals surface area (Å²) < 4.78 is 13.3. The molecule has 21 heavy (non-hydrogen) atoms. The summed E-state index contributed by atoms with van der Waals surface area (Å²) in [4.78, 5) is 8.99. The largest absolute Gasteiger partial charge is 0.505 e. The van der Waals surface area contributed by atoms with E-state index in [2.05, 4.69) is 15.3 Å². The van der Waals surface area contributed by atoms with Crippen molar-refractivity contribution in [1.82, 2.24) is 9.97 Å². The molecule has 0 aliphatic heterocycles. The lowest BCUT2D eigenvalue weighted by Crippen LogP contribution is -2.13. The van der Waals surface area contributed by atoms with Crippen molar-refractivity contribution in [3.8, 4) is 5.75 Å². The Bertz CT molecular complexity index is 673. The van der Waals surface area contributed by atoms with Gasteiger partial charge in [0.1, 0.15) is 11.6 Å². The molecule has 0 atom stereocenters. The normalized spacial score (nSPS) is 13.8. The van der Waals surface area contributed by atoms with Crippen LogP contribution in [0.3, 0.4) is 0 Å². The van der Waals surface area contributed by atoms with Crippen LogP contribution in [0, 0.1) is 12.7 Å². The number of nitrogens with zero attached hydrogens (tertiary/aromatic N) is 2. The van der Waals surface area contributed by atoms with E-state index in [0.29, 0.717) is 6.54 Å². The summed E-state index contributed by atoms with van der Waals surface area (Å²) >= 11 is 0. The lowest BCUT2D eigenvalue weighted by Gasteiger charge is -2.19. The third-order valence-corrected chi connectivity index (χ3v) is 3.77. The Labute approximate surface area is 123 Å². The fraction of sp³-hybridized carbons (Fsp3) is 0.375. The minimum atomic E-state index is -0.602. The van der Waals surface area contributed by atoms with Gasteiger partial charge in [0.15, 0.2) is 11.6 Å². The number of hydrogen-bond donors (Lipinski definition) is 2. The van der Waals surface area contributed by atoms with Crippen LogP contribution in [-0.4, -0.2) is 15.1 Å². The topological polar surface area (TPSA) is 58.0 Å². The molecule has 1 aliphatic rings. The van der Waals surface area contributed by atoms with Gasteiger partial charge in [-0.2, -0.15) is 0 Å². The second-order valence-electron chi connectivity index (χ2n) is 5.39. The smallest absolute Gasteiger partial charge is 0.165 e. The maximum absolute atomic E-state index is 13.3. The zero-order chi connectivity index (χ0) is 14.8. The Morgan fingerprint density at radius 1 is 1.24 bits per heavy atom. The van der Waals surface area contributed by atoms with E-state index in [0.717, 1.165) is 42.2 Å². The minimum Gasteiger partial charge on any atom is -0.505 e. The Morgan fingerprint density at radius 3 is 2.86 bits per heavy atom. The Hall–Kier alpha value is -2.17. The molecule has 1 aromatic heterocycles. The van der Waals surface area contributed by atoms with E-state index in [4.69, 9.17) is 0 Å². The van der Waals surface area contributed by atoms with Gasteiger partial charge in [0.2, 0.25) is 0 Å². The molecule has 2 N–H and O–H groups in total. The van der Waals surface area contributed by atoms with Gasteiger partial charge in [-0.05, 0) is 50.3 Å². The van der Waals surface area contributed by atoms with Crippen LogP contribution < -0.4 is 5.32 Å². The van der Waals surface area contributed by atoms with Gasteiger partial charge in [0.05, 0.1) is 0 Å². The van der Waals surface area contributed by atoms with Crippen molar-refractivity contribution in [2.75, 3.05) is 5.32 Å². The SMILES string of the molecule is Cc1nc2c(c(NCc3ccc(O)c(F)c3)n1)CCCC2. The molecule has 0 spiro atoms. The highest BCUT2D eigenvalue weighted by Crippen LogP contribution is 2.26. The molecule has 110 valence electrons. The third-order valence-electron chi connectivity index (χ3n) is 3.77. The first kappa shape index (κ1) is 13.8. The number of aromatic nitrogens is 2. The number of aryl methyl sites for hydroxylation is 2. The molecule has 0 radical (unpaired) electrons. The van der Waals surface area contributed by atoms with E-state index in [1.54, 1.807) is 6.07 Å². The number of halogens is 1. The number of phenols is 1. The van der Waals surface area contributed by atoms with Crippen molar-refractivity contribution in [1.29, 1.82) is 0 Å². The third kappa shape index (κ3) is 2.96. The van der Waals surface area contributed by atoms with Crippen molar-refractivity contribution >= 4 is 5.82 Å². The summed E-state index contributed by atoms with van der Waals surface area (Å²) in [6, 6.07) is 4.40. The lowest BCUT2D eigenvalue weighted by molar-refractivity contribution is 0.432. The van der Waals surface area contributed by atoms with E-state index >= 15 is 0 Å². The van der Waals surface area contributed by atoms with Crippen LogP contribution in [0.1, 0.15) is 35.5 Å². The number of aromatic hydroxyl groups is 1. The van der Waals surface area contributed by atoms with E-state index in [-0.39, 0.29) is 5.75 Å². The van der Waals surface area contributed by atoms with Gasteiger partial charge in [-0.25, -0.2) is 14.4 Å². The van der Waals surface area contributed by atoms with Crippen LogP contribution >= 0.6 is 0 Å². The predicted octanol–water partition coefficient (Wildman–Crippen LogP) is 3.12. The molecule has 0 saturated carbocycles. The van der Waals surface area contributed by atoms with Crippen LogP contribution in [0.2, 0.25) is 0 Å². The molecule has 0 amide bonds. The number of rotatable bonds is 3. The van der Waals surface area contributed by atoms with Crippen molar-refractivity contribution in [2.45, 2.75) is 39.2 Å². The number of hydrogen-bond acceptors (Lipinski definition) is 4. The fourth-order valence-corrected chi connectivity index (χ4v) is 2.71. The van der Waals surface area contributed by atoms with E-state index in [9.17, 15) is 9.50 Å². The first-order valence-electron chi connectivity index (χ1n) is 7.21. The summed E-state index contributed by atoms with van der Waals surface area (Å²) in [5.74, 6) is 0.685. The molecule has 3 rings (SSSR count). The summed E-state index contributed by atoms with van der Waals surface area (Å²) in [5.41, 5.74) is 3.09. The second-order valence-corrected chi connectivity index (χ2v) is 5.39. The van der Waals surface area contributed by atoms with Crippen LogP contribution in [0.25, 0.3) is 0 Å². The van der Waals surface area contributed by atoms with Gasteiger partial charge in [-0.15, -0.1) is 0 Å². The summed E-state index contributed by atoms with van der Waals surface area (Å²) in [7, 11) is 0. The quantitative estimate of drug-likeness (QED) is 0.910. The number of benzene rings is 1. The Balaban J connectivity index is 1.81. The first-order valence-corrected chi connectivity index (χ1v) is 7.21. The lowest BCUT2D eigenvalue weighted by atomic mass is 9.96. The molecule has 0 bridgehead atoms. The van der Waals surface area contributed by atoms with Gasteiger partial charge < -0.3 is 10.4 Å². The van der Waals surface area contributed by atoms with Crippen LogP contribution in [-0.2, 0) is 19.4 Å². The molecule has 1 aromatic carbocycles. The number of phenolic OH excluding ortho intramolecular Hbond substituents is 1. The highest BCUT2D eigenvalue weighted by atomic mass is 19.1. The predicted molar refractivity (Wildman–Crippen MR) is 78.8 cm³/mol. The number of nitrogens with one attached hydrogen (secondary N) is 1. The summed E-state index contributed by atoms with van der Waals surface area (Å²) in [5, 5.41) is 12.5. The Morgan fingerprint density at radius 2 is 2.05 bits per heavy atom. The zero-order valence-corrected chi connectivity index (χ0v) is 12.0. The van der Waals surface area contributed by atoms with Gasteiger partial charge in [0, 0.05) is 17.8 Å². The van der Waals surface area contributed by atoms with Crippen molar-refractivity contribution < 1.29 is 9.50 Å². The van der Waals surface area contributed by atoms with E-state index in [1.807, 2.05) is 6.92 Å². The highest BCUT2D eigenvalue weighted by molar-refractivity contribution is 5.48. The summed E-state index contributed by atoms with van der Waals surface area (Å²) in [6.07, 6.45) is 4.32. The van der Waals surface area contributed by atoms with Crippen LogP contribution in [0.15, 0.2) is 18.2 Å². The average Bonchev–Trinajstić information content (AvgIpc) is 2.48. The minimum absolute atomic E-state index is 0.325. The Kier molecular flexibility index (Phi) is 3.73. The van der Waals surface area contributed by atoms with E-state index < -0.39 is 5.82 Å². The fourth-order valence-electron chi connectivity index (χ4n) is 2.71. The monoisotopic (exact) mass is 287 g/mol. The number of anilines is 1. The van der Waals surface area contributed by atoms with Crippen LogP contribution in [0.4, 0.5) is 10.2 Å². The summed E-state index contributed by atoms with van der Waals surface area (Å²) in [6.45, 7) is 2.36. The molecule has 2 aromatic rings. The molecule has 4 nitrogen and oxygen atoms in total. The molecule has 0 fully saturated rings. The van der Waals surface area contributed by atoms with Gasteiger partial charge in [0.25, 0.3) is 0 Å². The first-order chi connectivity index (χ1) is 10.1. The van der Waals surface area contributed by atoms with E-state index in [1.165, 1.54) is 24.1 Å². The second kappa shape index (κ2) is 5.68. The van der Waals surface area contributed by atoms with Crippen molar-refractivity contribution in [3.63, 3.8) is 0 Å². The number of fused-ring (bicyclic) bond motifs is 1. The molecular weight excluding hydrogens is 269 g/mol. The van der Waals surface area contributed by atoms with Gasteiger partial charge >= 0.3 is 0 Å².